The van der Waals surface area contributed by atoms with Crippen molar-refractivity contribution in [2.45, 2.75) is 0 Å². The quantitative estimate of drug-likeness (QED) is 0.730. The summed E-state index contributed by atoms with van der Waals surface area (Å²) in [5.74, 6) is -1.50. The topological polar surface area (TPSA) is 66.4 Å². The second kappa shape index (κ2) is 6.60. The van der Waals surface area contributed by atoms with Crippen LogP contribution in [0.15, 0.2) is 45.3 Å². The number of halogens is 3. The zero-order chi connectivity index (χ0) is 15.6. The van der Waals surface area contributed by atoms with Crippen LogP contribution in [-0.2, 0) is 0 Å². The fraction of sp³-hybridized carbons (Fsp3) is 0. The molecule has 2 rings (SSSR count). The Morgan fingerprint density at radius 3 is 2.48 bits per heavy atom. The van der Waals surface area contributed by atoms with Crippen LogP contribution < -0.4 is 5.32 Å². The van der Waals surface area contributed by atoms with Crippen LogP contribution in [0.25, 0.3) is 0 Å². The SMILES string of the molecule is O=C(O)c1ccc(Br)c(NC(=O)c2cc(Br)ccc2Cl)c1. The first kappa shape index (κ1) is 16.0. The molecule has 7 heteroatoms. The van der Waals surface area contributed by atoms with Gasteiger partial charge in [-0.25, -0.2) is 4.79 Å². The molecule has 108 valence electrons. The van der Waals surface area contributed by atoms with E-state index in [0.717, 1.165) is 4.47 Å². The van der Waals surface area contributed by atoms with Crippen molar-refractivity contribution in [2.24, 2.45) is 0 Å². The van der Waals surface area contributed by atoms with Crippen molar-refractivity contribution in [1.82, 2.24) is 0 Å². The highest BCUT2D eigenvalue weighted by molar-refractivity contribution is 9.10. The summed E-state index contributed by atoms with van der Waals surface area (Å²) in [5.41, 5.74) is 0.725. The van der Waals surface area contributed by atoms with Crippen LogP contribution in [0.3, 0.4) is 0 Å². The highest BCUT2D eigenvalue weighted by atomic mass is 79.9. The van der Waals surface area contributed by atoms with Gasteiger partial charge in [0.15, 0.2) is 0 Å². The first-order valence-electron chi connectivity index (χ1n) is 5.67. The minimum atomic E-state index is -1.07. The Kier molecular flexibility index (Phi) is 5.03. The van der Waals surface area contributed by atoms with E-state index in [1.165, 1.54) is 12.1 Å². The van der Waals surface area contributed by atoms with E-state index in [0.29, 0.717) is 20.7 Å². The highest BCUT2D eigenvalue weighted by Gasteiger charge is 2.14. The van der Waals surface area contributed by atoms with E-state index in [2.05, 4.69) is 37.2 Å². The summed E-state index contributed by atoms with van der Waals surface area (Å²) in [6, 6.07) is 9.28. The predicted octanol–water partition coefficient (Wildman–Crippen LogP) is 4.82. The van der Waals surface area contributed by atoms with E-state index in [1.54, 1.807) is 24.3 Å². The van der Waals surface area contributed by atoms with Crippen LogP contribution in [0.5, 0.6) is 0 Å². The predicted molar refractivity (Wildman–Crippen MR) is 88.2 cm³/mol. The Balaban J connectivity index is 2.33. The third kappa shape index (κ3) is 3.84. The van der Waals surface area contributed by atoms with Crippen LogP contribution in [0.1, 0.15) is 20.7 Å². The van der Waals surface area contributed by atoms with Gasteiger partial charge in [-0.1, -0.05) is 27.5 Å². The molecular formula is C14H8Br2ClNO3. The average Bonchev–Trinajstić information content (AvgIpc) is 2.43. The first-order chi connectivity index (χ1) is 9.88. The number of aromatic carboxylic acids is 1. The number of amides is 1. The van der Waals surface area contributed by atoms with Crippen molar-refractivity contribution in [1.29, 1.82) is 0 Å². The van der Waals surface area contributed by atoms with E-state index in [4.69, 9.17) is 16.7 Å². The second-order valence-corrected chi connectivity index (χ2v) is 6.26. The van der Waals surface area contributed by atoms with E-state index in [-0.39, 0.29) is 5.56 Å². The number of benzene rings is 2. The van der Waals surface area contributed by atoms with E-state index >= 15 is 0 Å². The molecule has 0 saturated carbocycles. The van der Waals surface area contributed by atoms with Gasteiger partial charge in [0.1, 0.15) is 0 Å². The maximum atomic E-state index is 12.2. The van der Waals surface area contributed by atoms with Gasteiger partial charge in [-0.3, -0.25) is 4.79 Å². The lowest BCUT2D eigenvalue weighted by Crippen LogP contribution is -2.13. The minimum absolute atomic E-state index is 0.0776. The number of hydrogen-bond donors (Lipinski definition) is 2. The summed E-state index contributed by atoms with van der Waals surface area (Å²) < 4.78 is 1.29. The molecule has 4 nitrogen and oxygen atoms in total. The Bertz CT molecular complexity index is 734. The molecule has 2 aromatic carbocycles. The molecule has 2 aromatic rings. The normalized spacial score (nSPS) is 10.2. The van der Waals surface area contributed by atoms with E-state index in [1.807, 2.05) is 0 Å². The molecule has 0 fully saturated rings. The van der Waals surface area contributed by atoms with Crippen molar-refractivity contribution in [3.8, 4) is 0 Å². The molecular weight excluding hydrogens is 425 g/mol. The first-order valence-corrected chi connectivity index (χ1v) is 7.64. The zero-order valence-electron chi connectivity index (χ0n) is 10.4. The number of carboxylic acids is 1. The molecule has 1 amide bonds. The number of carboxylic acid groups (broad SMARTS) is 1. The Morgan fingerprint density at radius 1 is 1.10 bits per heavy atom. The lowest BCUT2D eigenvalue weighted by Gasteiger charge is -2.10. The van der Waals surface area contributed by atoms with Crippen molar-refractivity contribution in [3.05, 3.63) is 61.5 Å². The largest absolute Gasteiger partial charge is 0.478 e. The van der Waals surface area contributed by atoms with Crippen LogP contribution in [-0.4, -0.2) is 17.0 Å². The summed E-state index contributed by atoms with van der Waals surface area (Å²) >= 11 is 12.5. The lowest BCUT2D eigenvalue weighted by atomic mass is 10.1. The summed E-state index contributed by atoms with van der Waals surface area (Å²) in [6.45, 7) is 0. The molecule has 0 heterocycles. The van der Waals surface area contributed by atoms with Crippen molar-refractivity contribution >= 4 is 61.0 Å². The average molecular weight is 433 g/mol. The molecule has 0 spiro atoms. The van der Waals surface area contributed by atoms with E-state index in [9.17, 15) is 9.59 Å². The summed E-state index contributed by atoms with van der Waals surface area (Å²) in [4.78, 5) is 23.2. The maximum absolute atomic E-state index is 12.2. The van der Waals surface area contributed by atoms with Crippen LogP contribution >= 0.6 is 43.5 Å². The molecule has 0 aliphatic heterocycles. The number of anilines is 1. The van der Waals surface area contributed by atoms with Gasteiger partial charge in [-0.05, 0) is 52.3 Å². The maximum Gasteiger partial charge on any atom is 0.335 e. The van der Waals surface area contributed by atoms with Gasteiger partial charge in [-0.2, -0.15) is 0 Å². The monoisotopic (exact) mass is 431 g/mol. The standard InChI is InChI=1S/C14H8Br2ClNO3/c15-8-2-4-11(17)9(6-8)13(19)18-12-5-7(14(20)21)1-3-10(12)16/h1-6H,(H,18,19)(H,20,21). The number of carbonyl (C=O) groups excluding carboxylic acids is 1. The second-order valence-electron chi connectivity index (χ2n) is 4.08. The van der Waals surface area contributed by atoms with Crippen LogP contribution in [0.4, 0.5) is 5.69 Å². The van der Waals surface area contributed by atoms with Gasteiger partial charge in [0, 0.05) is 8.95 Å². The van der Waals surface area contributed by atoms with Crippen molar-refractivity contribution in [2.75, 3.05) is 5.32 Å². The Labute approximate surface area is 142 Å². The summed E-state index contributed by atoms with van der Waals surface area (Å²) in [6.07, 6.45) is 0. The zero-order valence-corrected chi connectivity index (χ0v) is 14.3. The van der Waals surface area contributed by atoms with Crippen LogP contribution in [0, 0.1) is 0 Å². The Hall–Kier alpha value is -1.37. The molecule has 0 saturated heterocycles. The summed E-state index contributed by atoms with van der Waals surface area (Å²) in [7, 11) is 0. The van der Waals surface area contributed by atoms with Gasteiger partial charge >= 0.3 is 5.97 Å². The number of rotatable bonds is 3. The molecule has 0 aromatic heterocycles. The molecule has 0 aliphatic carbocycles. The number of hydrogen-bond acceptors (Lipinski definition) is 2. The smallest absolute Gasteiger partial charge is 0.335 e. The number of carbonyl (C=O) groups is 2. The van der Waals surface area contributed by atoms with E-state index < -0.39 is 11.9 Å². The fourth-order valence-corrected chi connectivity index (χ4v) is 2.53. The van der Waals surface area contributed by atoms with Gasteiger partial charge in [0.05, 0.1) is 21.8 Å². The molecule has 21 heavy (non-hydrogen) atoms. The highest BCUT2D eigenvalue weighted by Crippen LogP contribution is 2.26. The fourth-order valence-electron chi connectivity index (χ4n) is 1.62. The molecule has 2 N–H and O–H groups in total. The molecule has 0 radical (unpaired) electrons. The molecule has 0 aliphatic rings. The van der Waals surface area contributed by atoms with Crippen molar-refractivity contribution in [3.63, 3.8) is 0 Å². The van der Waals surface area contributed by atoms with Crippen LogP contribution in [0.2, 0.25) is 5.02 Å². The summed E-state index contributed by atoms with van der Waals surface area (Å²) in [5, 5.41) is 11.9. The molecule has 0 unspecified atom stereocenters. The molecule has 0 atom stereocenters. The Morgan fingerprint density at radius 2 is 1.81 bits per heavy atom. The van der Waals surface area contributed by atoms with Crippen molar-refractivity contribution < 1.29 is 14.7 Å². The number of nitrogens with one attached hydrogen (secondary N) is 1. The van der Waals surface area contributed by atoms with Gasteiger partial charge in [0.25, 0.3) is 5.91 Å². The minimum Gasteiger partial charge on any atom is -0.478 e. The third-order valence-electron chi connectivity index (χ3n) is 2.63. The molecule has 0 bridgehead atoms. The van der Waals surface area contributed by atoms with Gasteiger partial charge < -0.3 is 10.4 Å². The third-order valence-corrected chi connectivity index (χ3v) is 4.15. The van der Waals surface area contributed by atoms with Gasteiger partial charge in [0.2, 0.25) is 0 Å². The lowest BCUT2D eigenvalue weighted by molar-refractivity contribution is 0.0696. The van der Waals surface area contributed by atoms with Gasteiger partial charge in [-0.15, -0.1) is 0 Å².